The Labute approximate surface area is 234 Å². The number of nitrogens with zero attached hydrogens (tertiary/aromatic N) is 1. The summed E-state index contributed by atoms with van der Waals surface area (Å²) in [5, 5.41) is 9.06. The number of amides is 4. The second-order valence-electron chi connectivity index (χ2n) is 10.9. The van der Waals surface area contributed by atoms with Gasteiger partial charge in [0.1, 0.15) is 12.1 Å². The molecule has 1 aliphatic rings. The van der Waals surface area contributed by atoms with E-state index in [0.29, 0.717) is 17.1 Å². The molecule has 2 aromatic rings. The number of rotatable bonds is 9. The monoisotopic (exact) mass is 555 g/mol. The van der Waals surface area contributed by atoms with Crippen molar-refractivity contribution in [1.29, 1.82) is 0 Å². The van der Waals surface area contributed by atoms with E-state index in [1.807, 2.05) is 52.0 Å². The molecule has 0 aromatic heterocycles. The highest BCUT2D eigenvalue weighted by Crippen LogP contribution is 2.25. The lowest BCUT2D eigenvalue weighted by Gasteiger charge is -2.37. The Kier molecular flexibility index (Phi) is 10.1. The number of carbonyl (C=O) groups is 4. The molecular weight excluding hydrogens is 518 g/mol. The van der Waals surface area contributed by atoms with Crippen LogP contribution in [0.2, 0.25) is 5.02 Å². The van der Waals surface area contributed by atoms with Crippen LogP contribution in [0, 0.1) is 6.92 Å². The Hall–Kier alpha value is -3.43. The standard InChI is InChI=1S/C29H38ClN5O4/c1-18-15-21(9-10-22(18)30)32-27(38)23(13-14-31)33-28(39)24-16-19-7-5-6-8-20(19)17-35(24)26(37)12-11-25(36)34-29(2,3)4/h5-10,15,23-24H,11-14,16-17,31H2,1-4H3,(H,32,38)(H,33,39)(H,34,36)/t23-,24-/m0/s1. The molecule has 0 aliphatic carbocycles. The van der Waals surface area contributed by atoms with Crippen molar-refractivity contribution < 1.29 is 19.2 Å². The van der Waals surface area contributed by atoms with Crippen LogP contribution in [0.5, 0.6) is 0 Å². The molecule has 0 bridgehead atoms. The van der Waals surface area contributed by atoms with E-state index >= 15 is 0 Å². The van der Waals surface area contributed by atoms with Crippen molar-refractivity contribution in [2.45, 2.75) is 77.5 Å². The molecule has 0 saturated carbocycles. The van der Waals surface area contributed by atoms with Crippen molar-refractivity contribution >= 4 is 40.9 Å². The quantitative estimate of drug-likeness (QED) is 0.377. The first-order valence-corrected chi connectivity index (χ1v) is 13.5. The minimum Gasteiger partial charge on any atom is -0.351 e. The summed E-state index contributed by atoms with van der Waals surface area (Å²) in [6.45, 7) is 7.86. The Morgan fingerprint density at radius 1 is 1.08 bits per heavy atom. The van der Waals surface area contributed by atoms with E-state index in [9.17, 15) is 19.2 Å². The van der Waals surface area contributed by atoms with E-state index in [1.54, 1.807) is 18.2 Å². The third-order valence-corrected chi connectivity index (χ3v) is 6.89. The SMILES string of the molecule is Cc1cc(NC(=O)[C@H](CCN)NC(=O)[C@@H]2Cc3ccccc3CN2C(=O)CCC(=O)NC(C)(C)C)ccc1Cl. The molecule has 2 aromatic carbocycles. The lowest BCUT2D eigenvalue weighted by Crippen LogP contribution is -2.56. The minimum absolute atomic E-state index is 0.0152. The summed E-state index contributed by atoms with van der Waals surface area (Å²) in [4.78, 5) is 53.8. The number of halogens is 1. The van der Waals surface area contributed by atoms with Crippen LogP contribution >= 0.6 is 11.6 Å². The lowest BCUT2D eigenvalue weighted by atomic mass is 9.92. The van der Waals surface area contributed by atoms with Crippen LogP contribution in [-0.2, 0) is 32.1 Å². The molecule has 2 atom stereocenters. The van der Waals surface area contributed by atoms with Crippen molar-refractivity contribution in [2.75, 3.05) is 11.9 Å². The van der Waals surface area contributed by atoms with E-state index in [1.165, 1.54) is 4.90 Å². The molecule has 0 spiro atoms. The van der Waals surface area contributed by atoms with Gasteiger partial charge in [0.05, 0.1) is 0 Å². The van der Waals surface area contributed by atoms with Gasteiger partial charge in [-0.3, -0.25) is 19.2 Å². The maximum Gasteiger partial charge on any atom is 0.246 e. The molecular formula is C29H38ClN5O4. The molecule has 0 unspecified atom stereocenters. The number of fused-ring (bicyclic) bond motifs is 1. The van der Waals surface area contributed by atoms with Crippen LogP contribution in [0.25, 0.3) is 0 Å². The van der Waals surface area contributed by atoms with Crippen LogP contribution < -0.4 is 21.7 Å². The Balaban J connectivity index is 1.75. The maximum absolute atomic E-state index is 13.6. The van der Waals surface area contributed by atoms with Gasteiger partial charge in [0.2, 0.25) is 23.6 Å². The van der Waals surface area contributed by atoms with Gasteiger partial charge >= 0.3 is 0 Å². The molecule has 9 nitrogen and oxygen atoms in total. The van der Waals surface area contributed by atoms with Crippen LogP contribution in [0.4, 0.5) is 5.69 Å². The molecule has 210 valence electrons. The maximum atomic E-state index is 13.6. The number of hydrogen-bond acceptors (Lipinski definition) is 5. The number of benzene rings is 2. The molecule has 1 heterocycles. The first-order chi connectivity index (χ1) is 18.4. The van der Waals surface area contributed by atoms with Gasteiger partial charge in [-0.1, -0.05) is 35.9 Å². The van der Waals surface area contributed by atoms with Crippen molar-refractivity contribution in [2.24, 2.45) is 5.73 Å². The minimum atomic E-state index is -0.898. The molecule has 1 aliphatic heterocycles. The average Bonchev–Trinajstić information content (AvgIpc) is 2.87. The summed E-state index contributed by atoms with van der Waals surface area (Å²) in [7, 11) is 0. The number of aryl methyl sites for hydroxylation is 1. The Bertz CT molecular complexity index is 1230. The number of anilines is 1. The summed E-state index contributed by atoms with van der Waals surface area (Å²) in [6.07, 6.45) is 0.501. The van der Waals surface area contributed by atoms with Crippen molar-refractivity contribution in [3.8, 4) is 0 Å². The lowest BCUT2D eigenvalue weighted by molar-refractivity contribution is -0.143. The fourth-order valence-corrected chi connectivity index (χ4v) is 4.64. The molecule has 0 saturated heterocycles. The van der Waals surface area contributed by atoms with E-state index in [0.717, 1.165) is 16.7 Å². The van der Waals surface area contributed by atoms with Gasteiger partial charge < -0.3 is 26.6 Å². The normalized spacial score (nSPS) is 15.6. The highest BCUT2D eigenvalue weighted by atomic mass is 35.5. The largest absolute Gasteiger partial charge is 0.351 e. The number of carbonyl (C=O) groups excluding carboxylic acids is 4. The smallest absolute Gasteiger partial charge is 0.246 e. The molecule has 0 radical (unpaired) electrons. The van der Waals surface area contributed by atoms with Crippen LogP contribution in [-0.4, -0.2) is 52.7 Å². The molecule has 10 heteroatoms. The van der Waals surface area contributed by atoms with Crippen LogP contribution in [0.3, 0.4) is 0 Å². The second kappa shape index (κ2) is 13.1. The predicted octanol–water partition coefficient (Wildman–Crippen LogP) is 3.07. The predicted molar refractivity (Wildman–Crippen MR) is 152 cm³/mol. The van der Waals surface area contributed by atoms with Gasteiger partial charge in [-0.05, 0) is 75.5 Å². The zero-order chi connectivity index (χ0) is 28.7. The van der Waals surface area contributed by atoms with E-state index in [-0.39, 0.29) is 44.2 Å². The van der Waals surface area contributed by atoms with Crippen molar-refractivity contribution in [1.82, 2.24) is 15.5 Å². The van der Waals surface area contributed by atoms with Gasteiger partial charge in [0, 0.05) is 42.1 Å². The van der Waals surface area contributed by atoms with Gasteiger partial charge in [-0.2, -0.15) is 0 Å². The second-order valence-corrected chi connectivity index (χ2v) is 11.3. The summed E-state index contributed by atoms with van der Waals surface area (Å²) in [5.41, 5.74) is 8.62. The van der Waals surface area contributed by atoms with Gasteiger partial charge in [-0.25, -0.2) is 0 Å². The highest BCUT2D eigenvalue weighted by molar-refractivity contribution is 6.31. The van der Waals surface area contributed by atoms with E-state index < -0.39 is 29.4 Å². The molecule has 5 N–H and O–H groups in total. The fraction of sp³-hybridized carbons (Fsp3) is 0.448. The number of hydrogen-bond donors (Lipinski definition) is 4. The van der Waals surface area contributed by atoms with Crippen LogP contribution in [0.15, 0.2) is 42.5 Å². The molecule has 39 heavy (non-hydrogen) atoms. The Morgan fingerprint density at radius 3 is 2.41 bits per heavy atom. The Morgan fingerprint density at radius 2 is 1.77 bits per heavy atom. The average molecular weight is 556 g/mol. The summed E-state index contributed by atoms with van der Waals surface area (Å²) in [5.74, 6) is -1.39. The third-order valence-electron chi connectivity index (χ3n) is 6.47. The highest BCUT2D eigenvalue weighted by Gasteiger charge is 2.36. The topological polar surface area (TPSA) is 134 Å². The number of nitrogens with one attached hydrogen (secondary N) is 3. The molecule has 3 rings (SSSR count). The van der Waals surface area contributed by atoms with Crippen LogP contribution in [0.1, 0.15) is 56.7 Å². The fourth-order valence-electron chi connectivity index (χ4n) is 4.52. The summed E-state index contributed by atoms with van der Waals surface area (Å²) >= 11 is 6.09. The summed E-state index contributed by atoms with van der Waals surface area (Å²) < 4.78 is 0. The van der Waals surface area contributed by atoms with E-state index in [2.05, 4.69) is 16.0 Å². The van der Waals surface area contributed by atoms with Gasteiger partial charge in [0.25, 0.3) is 0 Å². The third kappa shape index (κ3) is 8.53. The first kappa shape index (κ1) is 30.1. The van der Waals surface area contributed by atoms with Gasteiger partial charge in [0.15, 0.2) is 0 Å². The zero-order valence-electron chi connectivity index (χ0n) is 23.0. The zero-order valence-corrected chi connectivity index (χ0v) is 23.7. The van der Waals surface area contributed by atoms with E-state index in [4.69, 9.17) is 17.3 Å². The molecule has 0 fully saturated rings. The molecule has 4 amide bonds. The summed E-state index contributed by atoms with van der Waals surface area (Å²) in [6, 6.07) is 11.0. The van der Waals surface area contributed by atoms with Gasteiger partial charge in [-0.15, -0.1) is 0 Å². The van der Waals surface area contributed by atoms with Crippen molar-refractivity contribution in [3.05, 3.63) is 64.2 Å². The van der Waals surface area contributed by atoms with Crippen molar-refractivity contribution in [3.63, 3.8) is 0 Å². The first-order valence-electron chi connectivity index (χ1n) is 13.1. The number of nitrogens with two attached hydrogens (primary N) is 1.